The van der Waals surface area contributed by atoms with Crippen LogP contribution in [0, 0.1) is 0 Å². The molecule has 88 valence electrons. The lowest BCUT2D eigenvalue weighted by Crippen LogP contribution is -2.26. The van der Waals surface area contributed by atoms with Gasteiger partial charge >= 0.3 is 5.97 Å². The van der Waals surface area contributed by atoms with E-state index in [1.165, 1.54) is 0 Å². The molecule has 0 aromatic heterocycles. The molecule has 0 aliphatic carbocycles. The average Bonchev–Trinajstić information content (AvgIpc) is 2.16. The number of Topliss-reactive ketones (excluding diaryl/α,β-unsaturated/α-hetero) is 1. The summed E-state index contributed by atoms with van der Waals surface area (Å²) >= 11 is 0. The van der Waals surface area contributed by atoms with Gasteiger partial charge in [-0.2, -0.15) is 0 Å². The second kappa shape index (κ2) is 6.59. The monoisotopic (exact) mass is 214 g/mol. The number of ketones is 1. The Kier molecular flexibility index (Phi) is 6.21. The van der Waals surface area contributed by atoms with E-state index in [2.05, 4.69) is 0 Å². The topological polar surface area (TPSA) is 43.4 Å². The summed E-state index contributed by atoms with van der Waals surface area (Å²) in [6.45, 7) is 7.60. The van der Waals surface area contributed by atoms with Crippen LogP contribution in [0.25, 0.3) is 0 Å². The predicted molar refractivity (Wildman–Crippen MR) is 59.6 cm³/mol. The van der Waals surface area contributed by atoms with Crippen LogP contribution in [0.5, 0.6) is 0 Å². The molecule has 0 spiro atoms. The first kappa shape index (κ1) is 14.1. The Morgan fingerprint density at radius 2 is 1.73 bits per heavy atom. The number of carbonyl (C=O) groups is 2. The summed E-state index contributed by atoms with van der Waals surface area (Å²) in [7, 11) is 0. The number of ether oxygens (including phenoxy) is 1. The van der Waals surface area contributed by atoms with Crippen LogP contribution in [0.15, 0.2) is 0 Å². The van der Waals surface area contributed by atoms with Crippen molar-refractivity contribution in [3.8, 4) is 0 Å². The fourth-order valence-corrected chi connectivity index (χ4v) is 1.04. The van der Waals surface area contributed by atoms with Gasteiger partial charge in [-0.25, -0.2) is 0 Å². The second-order valence-corrected chi connectivity index (χ2v) is 4.33. The first-order valence-electron chi connectivity index (χ1n) is 5.64. The van der Waals surface area contributed by atoms with E-state index in [-0.39, 0.29) is 17.4 Å². The van der Waals surface area contributed by atoms with Crippen LogP contribution in [0.1, 0.15) is 59.8 Å². The van der Waals surface area contributed by atoms with Gasteiger partial charge in [0.05, 0.1) is 0 Å². The molecule has 3 heteroatoms. The number of hydrogen-bond acceptors (Lipinski definition) is 3. The standard InChI is InChI=1S/C12H22O3/c1-5-10(13)8-7-9-11(14)15-12(3,4)6-2/h5-9H2,1-4H3. The Labute approximate surface area is 92.2 Å². The highest BCUT2D eigenvalue weighted by atomic mass is 16.6. The van der Waals surface area contributed by atoms with Gasteiger partial charge in [0.25, 0.3) is 0 Å². The minimum atomic E-state index is -0.383. The molecule has 0 rings (SSSR count). The lowest BCUT2D eigenvalue weighted by atomic mass is 10.1. The van der Waals surface area contributed by atoms with Crippen molar-refractivity contribution in [2.45, 2.75) is 65.4 Å². The van der Waals surface area contributed by atoms with Crippen molar-refractivity contribution in [1.82, 2.24) is 0 Å². The lowest BCUT2D eigenvalue weighted by Gasteiger charge is -2.23. The summed E-state index contributed by atoms with van der Waals surface area (Å²) in [6.07, 6.45) is 2.78. The molecule has 0 aliphatic heterocycles. The van der Waals surface area contributed by atoms with Crippen molar-refractivity contribution in [3.63, 3.8) is 0 Å². The maximum absolute atomic E-state index is 11.4. The van der Waals surface area contributed by atoms with E-state index < -0.39 is 0 Å². The molecule has 0 saturated heterocycles. The molecule has 0 amide bonds. The van der Waals surface area contributed by atoms with Gasteiger partial charge in [-0.15, -0.1) is 0 Å². The van der Waals surface area contributed by atoms with Crippen molar-refractivity contribution < 1.29 is 14.3 Å². The summed E-state index contributed by atoms with van der Waals surface area (Å²) < 4.78 is 5.25. The summed E-state index contributed by atoms with van der Waals surface area (Å²) in [5.41, 5.74) is -0.383. The molecule has 0 aromatic carbocycles. The molecule has 0 saturated carbocycles. The molecule has 0 N–H and O–H groups in total. The number of esters is 1. The molecule has 3 nitrogen and oxygen atoms in total. The fourth-order valence-electron chi connectivity index (χ4n) is 1.04. The van der Waals surface area contributed by atoms with Crippen LogP contribution in [0.3, 0.4) is 0 Å². The lowest BCUT2D eigenvalue weighted by molar-refractivity contribution is -0.156. The minimum absolute atomic E-state index is 0.203. The fraction of sp³-hybridized carbons (Fsp3) is 0.833. The normalized spacial score (nSPS) is 11.2. The highest BCUT2D eigenvalue weighted by Gasteiger charge is 2.19. The summed E-state index contributed by atoms with van der Waals surface area (Å²) in [5, 5.41) is 0. The van der Waals surface area contributed by atoms with Gasteiger partial charge in [-0.3, -0.25) is 9.59 Å². The summed E-state index contributed by atoms with van der Waals surface area (Å²) in [5.74, 6) is 0.00306. The zero-order valence-electron chi connectivity index (χ0n) is 10.3. The summed E-state index contributed by atoms with van der Waals surface area (Å²) in [6, 6.07) is 0. The van der Waals surface area contributed by atoms with Crippen molar-refractivity contribution in [1.29, 1.82) is 0 Å². The van der Waals surface area contributed by atoms with Crippen molar-refractivity contribution in [2.24, 2.45) is 0 Å². The molecule has 0 heterocycles. The average molecular weight is 214 g/mol. The van der Waals surface area contributed by atoms with E-state index in [0.717, 1.165) is 6.42 Å². The number of hydrogen-bond donors (Lipinski definition) is 0. The van der Waals surface area contributed by atoms with Crippen molar-refractivity contribution >= 4 is 11.8 Å². The van der Waals surface area contributed by atoms with Gasteiger partial charge in [0.2, 0.25) is 0 Å². The third kappa shape index (κ3) is 7.11. The summed E-state index contributed by atoms with van der Waals surface area (Å²) in [4.78, 5) is 22.3. The van der Waals surface area contributed by atoms with Gasteiger partial charge in [-0.1, -0.05) is 13.8 Å². The van der Waals surface area contributed by atoms with Crippen LogP contribution in [0.2, 0.25) is 0 Å². The first-order valence-corrected chi connectivity index (χ1v) is 5.64. The number of carbonyl (C=O) groups excluding carboxylic acids is 2. The van der Waals surface area contributed by atoms with Crippen molar-refractivity contribution in [3.05, 3.63) is 0 Å². The molecule has 0 fully saturated rings. The zero-order valence-corrected chi connectivity index (χ0v) is 10.3. The molecule has 0 radical (unpaired) electrons. The van der Waals surface area contributed by atoms with E-state index in [4.69, 9.17) is 4.74 Å². The maximum atomic E-state index is 11.4. The van der Waals surface area contributed by atoms with Crippen LogP contribution in [-0.4, -0.2) is 17.4 Å². The van der Waals surface area contributed by atoms with Gasteiger partial charge in [-0.05, 0) is 26.7 Å². The van der Waals surface area contributed by atoms with E-state index >= 15 is 0 Å². The minimum Gasteiger partial charge on any atom is -0.460 e. The van der Waals surface area contributed by atoms with Crippen LogP contribution in [0.4, 0.5) is 0 Å². The second-order valence-electron chi connectivity index (χ2n) is 4.33. The molecule has 0 bridgehead atoms. The van der Waals surface area contributed by atoms with Gasteiger partial charge in [0.15, 0.2) is 0 Å². The molecule has 15 heavy (non-hydrogen) atoms. The van der Waals surface area contributed by atoms with Crippen LogP contribution >= 0.6 is 0 Å². The Morgan fingerprint density at radius 3 is 2.20 bits per heavy atom. The Morgan fingerprint density at radius 1 is 1.13 bits per heavy atom. The molecule has 0 aliphatic rings. The zero-order chi connectivity index (χ0) is 11.9. The predicted octanol–water partition coefficient (Wildman–Crippen LogP) is 2.87. The molecule has 0 atom stereocenters. The molecular weight excluding hydrogens is 192 g/mol. The van der Waals surface area contributed by atoms with Gasteiger partial charge in [0, 0.05) is 19.3 Å². The van der Waals surface area contributed by atoms with E-state index in [0.29, 0.717) is 25.7 Å². The van der Waals surface area contributed by atoms with Crippen molar-refractivity contribution in [2.75, 3.05) is 0 Å². The SMILES string of the molecule is CCC(=O)CCCC(=O)OC(C)(C)CC. The molecule has 0 unspecified atom stereocenters. The van der Waals surface area contributed by atoms with E-state index in [1.807, 2.05) is 27.7 Å². The van der Waals surface area contributed by atoms with E-state index in [1.54, 1.807) is 0 Å². The maximum Gasteiger partial charge on any atom is 0.306 e. The largest absolute Gasteiger partial charge is 0.460 e. The molecular formula is C12H22O3. The van der Waals surface area contributed by atoms with Gasteiger partial charge < -0.3 is 4.74 Å². The highest BCUT2D eigenvalue weighted by Crippen LogP contribution is 2.15. The highest BCUT2D eigenvalue weighted by molar-refractivity contribution is 5.78. The quantitative estimate of drug-likeness (QED) is 0.612. The van der Waals surface area contributed by atoms with Crippen LogP contribution < -0.4 is 0 Å². The Hall–Kier alpha value is -0.860. The Bertz CT molecular complexity index is 219. The van der Waals surface area contributed by atoms with E-state index in [9.17, 15) is 9.59 Å². The molecule has 0 aromatic rings. The van der Waals surface area contributed by atoms with Crippen LogP contribution in [-0.2, 0) is 14.3 Å². The number of rotatable bonds is 7. The third-order valence-electron chi connectivity index (χ3n) is 2.47. The third-order valence-corrected chi connectivity index (χ3v) is 2.47. The van der Waals surface area contributed by atoms with Gasteiger partial charge in [0.1, 0.15) is 11.4 Å². The smallest absolute Gasteiger partial charge is 0.306 e. The first-order chi connectivity index (χ1) is 6.91. The Balaban J connectivity index is 3.72.